The van der Waals surface area contributed by atoms with Gasteiger partial charge in [0.25, 0.3) is 0 Å². The van der Waals surface area contributed by atoms with E-state index in [9.17, 15) is 19.5 Å². The van der Waals surface area contributed by atoms with E-state index in [2.05, 4.69) is 23.3 Å². The number of nitrogens with zero attached hydrogens (tertiary/aromatic N) is 1. The molecule has 2 bridgehead atoms. The predicted molar refractivity (Wildman–Crippen MR) is 145 cm³/mol. The largest absolute Gasteiger partial charge is 0.493 e. The second-order valence-corrected chi connectivity index (χ2v) is 11.5. The van der Waals surface area contributed by atoms with Crippen LogP contribution >= 0.6 is 13.5 Å². The maximum Gasteiger partial charge on any atom is 0.326 e. The predicted octanol–water partition coefficient (Wildman–Crippen LogP) is 2.64. The first-order valence-electron chi connectivity index (χ1n) is 13.4. The Labute approximate surface area is 231 Å². The van der Waals surface area contributed by atoms with E-state index in [4.69, 9.17) is 14.2 Å². The number of nitrogens with one attached hydrogen (secondary N) is 1. The fourth-order valence-electron chi connectivity index (χ4n) is 7.50. The number of likely N-dealkylation sites (N-methyl/N-ethyl adjacent to an activating group) is 1. The van der Waals surface area contributed by atoms with Crippen LogP contribution in [0.5, 0.6) is 11.5 Å². The van der Waals surface area contributed by atoms with Crippen molar-refractivity contribution in [2.75, 3.05) is 27.3 Å². The van der Waals surface area contributed by atoms with Crippen LogP contribution in [0.3, 0.4) is 0 Å². The lowest BCUT2D eigenvalue weighted by atomic mass is 9.50. The SMILES string of the molecule is COc1ccc2c3c1O[C@H]1[C@@H](CC(=O)OCCC(=O)NC(C(=O)O)C(C)C)CCC4[C@@H](C2)N(C)CC[C@@]341.S. The van der Waals surface area contributed by atoms with Crippen molar-refractivity contribution in [2.45, 2.75) is 76.0 Å². The number of ether oxygens (including phenoxy) is 3. The quantitative estimate of drug-likeness (QED) is 0.453. The summed E-state index contributed by atoms with van der Waals surface area (Å²) in [6.07, 6.45) is 3.99. The van der Waals surface area contributed by atoms with Gasteiger partial charge in [0.05, 0.1) is 20.0 Å². The maximum atomic E-state index is 12.9. The molecule has 1 aromatic carbocycles. The number of aliphatic carboxylic acids is 1. The van der Waals surface area contributed by atoms with E-state index < -0.39 is 17.9 Å². The lowest BCUT2D eigenvalue weighted by Crippen LogP contribution is -2.65. The average Bonchev–Trinajstić information content (AvgIpc) is 3.20. The van der Waals surface area contributed by atoms with Crippen LogP contribution in [0.15, 0.2) is 12.1 Å². The fourth-order valence-corrected chi connectivity index (χ4v) is 7.50. The van der Waals surface area contributed by atoms with E-state index in [-0.39, 0.29) is 62.3 Å². The van der Waals surface area contributed by atoms with Gasteiger partial charge < -0.3 is 29.5 Å². The third kappa shape index (κ3) is 4.63. The molecule has 0 aromatic heterocycles. The lowest BCUT2D eigenvalue weighted by Gasteiger charge is -2.59. The third-order valence-electron chi connectivity index (χ3n) is 9.19. The van der Waals surface area contributed by atoms with Gasteiger partial charge in [0, 0.05) is 22.9 Å². The summed E-state index contributed by atoms with van der Waals surface area (Å²) in [6.45, 7) is 4.38. The molecule has 6 atom stereocenters. The zero-order valence-electron chi connectivity index (χ0n) is 22.6. The number of esters is 1. The summed E-state index contributed by atoms with van der Waals surface area (Å²) in [5.74, 6) is -0.00238. The number of carboxylic acid groups (broad SMARTS) is 1. The second kappa shape index (κ2) is 11.0. The first kappa shape index (κ1) is 28.5. The summed E-state index contributed by atoms with van der Waals surface area (Å²) in [6, 6.07) is 3.69. The summed E-state index contributed by atoms with van der Waals surface area (Å²) < 4.78 is 17.8. The number of amides is 1. The van der Waals surface area contributed by atoms with Crippen LogP contribution in [0.4, 0.5) is 0 Å². The van der Waals surface area contributed by atoms with Gasteiger partial charge in [-0.25, -0.2) is 4.79 Å². The number of likely N-dealkylation sites (tertiary alicyclic amines) is 1. The maximum absolute atomic E-state index is 12.9. The Bertz CT molecular complexity index is 1100. The van der Waals surface area contributed by atoms with Crippen LogP contribution < -0.4 is 14.8 Å². The number of benzene rings is 1. The van der Waals surface area contributed by atoms with Crippen LogP contribution in [-0.2, 0) is 31.0 Å². The second-order valence-electron chi connectivity index (χ2n) is 11.5. The van der Waals surface area contributed by atoms with Crippen LogP contribution in [0, 0.1) is 17.8 Å². The molecule has 2 unspecified atom stereocenters. The summed E-state index contributed by atoms with van der Waals surface area (Å²) in [7, 11) is 3.89. The number of rotatable bonds is 9. The number of carbonyl (C=O) groups is 3. The molecule has 2 fully saturated rings. The topological polar surface area (TPSA) is 114 Å². The molecule has 2 heterocycles. The summed E-state index contributed by atoms with van der Waals surface area (Å²) >= 11 is 0. The van der Waals surface area contributed by atoms with Gasteiger partial charge in [-0.05, 0) is 62.7 Å². The molecule has 9 nitrogen and oxygen atoms in total. The van der Waals surface area contributed by atoms with E-state index in [0.29, 0.717) is 12.0 Å². The molecule has 38 heavy (non-hydrogen) atoms. The molecule has 1 aromatic rings. The number of hydrogen-bond acceptors (Lipinski definition) is 7. The molecule has 1 amide bonds. The first-order valence-corrected chi connectivity index (χ1v) is 13.4. The summed E-state index contributed by atoms with van der Waals surface area (Å²) in [5.41, 5.74) is 2.53. The van der Waals surface area contributed by atoms with Crippen molar-refractivity contribution < 1.29 is 33.7 Å². The highest BCUT2D eigenvalue weighted by molar-refractivity contribution is 7.59. The molecule has 0 radical (unpaired) electrons. The van der Waals surface area contributed by atoms with Crippen LogP contribution in [-0.4, -0.2) is 73.3 Å². The highest BCUT2D eigenvalue weighted by atomic mass is 32.1. The molecule has 5 rings (SSSR count). The Morgan fingerprint density at radius 2 is 2.03 bits per heavy atom. The van der Waals surface area contributed by atoms with Gasteiger partial charge in [0.15, 0.2) is 11.5 Å². The molecule has 2 N–H and O–H groups in total. The van der Waals surface area contributed by atoms with Crippen molar-refractivity contribution in [3.05, 3.63) is 23.3 Å². The van der Waals surface area contributed by atoms with E-state index >= 15 is 0 Å². The fraction of sp³-hybridized carbons (Fsp3) is 0.679. The van der Waals surface area contributed by atoms with E-state index in [1.807, 2.05) is 6.07 Å². The van der Waals surface area contributed by atoms with Gasteiger partial charge in [0.2, 0.25) is 5.91 Å². The van der Waals surface area contributed by atoms with Gasteiger partial charge >= 0.3 is 11.9 Å². The van der Waals surface area contributed by atoms with Gasteiger partial charge in [-0.3, -0.25) is 9.59 Å². The minimum atomic E-state index is -1.08. The highest BCUT2D eigenvalue weighted by Gasteiger charge is 2.65. The molecule has 4 aliphatic rings. The summed E-state index contributed by atoms with van der Waals surface area (Å²) in [4.78, 5) is 38.9. The molecule has 10 heteroatoms. The Hall–Kier alpha value is -2.46. The minimum absolute atomic E-state index is 0. The van der Waals surface area contributed by atoms with Crippen LogP contribution in [0.2, 0.25) is 0 Å². The average molecular weight is 549 g/mol. The number of piperidine rings is 1. The van der Waals surface area contributed by atoms with Crippen LogP contribution in [0.25, 0.3) is 0 Å². The molecule has 1 spiro atoms. The number of carboxylic acids is 1. The molecule has 1 saturated carbocycles. The Morgan fingerprint density at radius 1 is 1.26 bits per heavy atom. The van der Waals surface area contributed by atoms with Gasteiger partial charge in [-0.2, -0.15) is 13.5 Å². The first-order chi connectivity index (χ1) is 17.7. The number of methoxy groups -OCH3 is 1. The molecule has 210 valence electrons. The Morgan fingerprint density at radius 3 is 2.71 bits per heavy atom. The van der Waals surface area contributed by atoms with Crippen molar-refractivity contribution in [2.24, 2.45) is 17.8 Å². The zero-order valence-corrected chi connectivity index (χ0v) is 23.6. The van der Waals surface area contributed by atoms with Crippen molar-refractivity contribution >= 4 is 31.3 Å². The van der Waals surface area contributed by atoms with Crippen molar-refractivity contribution in [3.8, 4) is 11.5 Å². The number of carbonyl (C=O) groups excluding carboxylic acids is 2. The molecule has 1 saturated heterocycles. The van der Waals surface area contributed by atoms with Gasteiger partial charge in [0.1, 0.15) is 18.8 Å². The third-order valence-corrected chi connectivity index (χ3v) is 9.19. The van der Waals surface area contributed by atoms with Gasteiger partial charge in [-0.15, -0.1) is 0 Å². The normalized spacial score (nSPS) is 29.4. The zero-order chi connectivity index (χ0) is 26.5. The highest BCUT2D eigenvalue weighted by Crippen LogP contribution is 2.65. The molecular weight excluding hydrogens is 508 g/mol. The molecule has 2 aliphatic heterocycles. The smallest absolute Gasteiger partial charge is 0.326 e. The van der Waals surface area contributed by atoms with Crippen molar-refractivity contribution in [1.29, 1.82) is 0 Å². The Balaban J connectivity index is 0.00000336. The monoisotopic (exact) mass is 548 g/mol. The summed E-state index contributed by atoms with van der Waals surface area (Å²) in [5, 5.41) is 11.8. The Kier molecular flexibility index (Phi) is 8.23. The van der Waals surface area contributed by atoms with Crippen molar-refractivity contribution in [3.63, 3.8) is 0 Å². The minimum Gasteiger partial charge on any atom is -0.493 e. The van der Waals surface area contributed by atoms with Crippen LogP contribution in [0.1, 0.15) is 57.1 Å². The molecular formula is C28H40N2O7S. The van der Waals surface area contributed by atoms with E-state index in [1.54, 1.807) is 21.0 Å². The van der Waals surface area contributed by atoms with E-state index in [1.165, 1.54) is 11.1 Å². The van der Waals surface area contributed by atoms with Gasteiger partial charge in [-0.1, -0.05) is 19.9 Å². The number of hydrogen-bond donors (Lipinski definition) is 2. The van der Waals surface area contributed by atoms with E-state index in [0.717, 1.165) is 43.7 Å². The standard InChI is InChI=1S/C28H38N2O7.H2S/c1-15(2)24(27(33)34)29-21(31)9-12-36-22(32)14-17-5-7-18-19-13-16-6-8-20(35-4)25-23(16)28(18,26(17)37-25)10-11-30(19)3;/h6,8,15,17-19,24,26H,5,7,9-14H2,1-4H3,(H,29,31)(H,33,34);1H2/t17-,18?,19-,24?,26+,28+;/m1./s1. The lowest BCUT2D eigenvalue weighted by molar-refractivity contribution is -0.149. The van der Waals surface area contributed by atoms with Crippen molar-refractivity contribution in [1.82, 2.24) is 10.2 Å². The molecule has 2 aliphatic carbocycles.